The Hall–Kier alpha value is -3.29. The average molecular weight is 258 g/mol. The summed E-state index contributed by atoms with van der Waals surface area (Å²) in [5.41, 5.74) is 1.19. The molecule has 4 rings (SSSR count). The second-order valence-corrected chi connectivity index (χ2v) is 3.58. The van der Waals surface area contributed by atoms with E-state index >= 15 is 0 Å². The van der Waals surface area contributed by atoms with Gasteiger partial charge in [0.2, 0.25) is 11.6 Å². The van der Waals surface area contributed by atoms with Crippen LogP contribution in [0.15, 0.2) is 13.9 Å². The van der Waals surface area contributed by atoms with E-state index in [2.05, 4.69) is 44.8 Å². The van der Waals surface area contributed by atoms with Crippen LogP contribution in [0.2, 0.25) is 0 Å². The van der Waals surface area contributed by atoms with Gasteiger partial charge in [-0.3, -0.25) is 4.90 Å². The van der Waals surface area contributed by atoms with E-state index in [0.717, 1.165) is 0 Å². The molecule has 0 saturated carbocycles. The molecule has 19 heavy (non-hydrogen) atoms. The fraction of sp³-hybridized carbons (Fsp3) is 0.125. The molecule has 0 saturated heterocycles. The summed E-state index contributed by atoms with van der Waals surface area (Å²) in [7, 11) is 0. The van der Waals surface area contributed by atoms with Gasteiger partial charge in [0.15, 0.2) is 22.8 Å². The fourth-order valence-electron chi connectivity index (χ4n) is 1.84. The highest BCUT2D eigenvalue weighted by Gasteiger charge is 2.36. The van der Waals surface area contributed by atoms with E-state index in [0.29, 0.717) is 22.8 Å². The van der Waals surface area contributed by atoms with Crippen molar-refractivity contribution in [3.8, 4) is 28.8 Å². The second kappa shape index (κ2) is 3.35. The summed E-state index contributed by atoms with van der Waals surface area (Å²) in [5.74, 6) is 0.543. The summed E-state index contributed by atoms with van der Waals surface area (Å²) >= 11 is 0. The minimum atomic E-state index is -0.0379. The standard InChI is InChI=1S/C8H2N8O3/c9-1-2-16-7-5(12-18-14-7)3-4(11-17-10-3)6-8(16)15-19-13-6/h2H2. The number of fused-ring (bicyclic) bond motifs is 5. The first-order valence-electron chi connectivity index (χ1n) is 5.03. The van der Waals surface area contributed by atoms with Gasteiger partial charge in [-0.1, -0.05) is 0 Å². The number of hydrogen-bond donors (Lipinski definition) is 0. The molecule has 0 N–H and O–H groups in total. The minimum absolute atomic E-state index is 0.0379. The lowest BCUT2D eigenvalue weighted by Gasteiger charge is -2.12. The topological polar surface area (TPSA) is 144 Å². The molecule has 1 aliphatic rings. The first-order valence-corrected chi connectivity index (χ1v) is 5.03. The van der Waals surface area contributed by atoms with Crippen LogP contribution in [0.3, 0.4) is 0 Å². The normalized spacial score (nSPS) is 12.3. The van der Waals surface area contributed by atoms with Crippen molar-refractivity contribution in [3.63, 3.8) is 0 Å². The fourth-order valence-corrected chi connectivity index (χ4v) is 1.84. The van der Waals surface area contributed by atoms with E-state index in [9.17, 15) is 0 Å². The summed E-state index contributed by atoms with van der Waals surface area (Å²) in [6.07, 6.45) is 0. The molecular weight excluding hydrogens is 256 g/mol. The predicted molar refractivity (Wildman–Crippen MR) is 53.5 cm³/mol. The maximum Gasteiger partial charge on any atom is 0.210 e. The van der Waals surface area contributed by atoms with Crippen molar-refractivity contribution in [2.24, 2.45) is 0 Å². The van der Waals surface area contributed by atoms with Crippen molar-refractivity contribution >= 4 is 11.6 Å². The largest absolute Gasteiger partial charge is 0.287 e. The number of nitriles is 1. The van der Waals surface area contributed by atoms with Crippen LogP contribution in [0.25, 0.3) is 22.8 Å². The molecule has 0 atom stereocenters. The van der Waals surface area contributed by atoms with Gasteiger partial charge in [0.05, 0.1) is 6.07 Å². The van der Waals surface area contributed by atoms with Gasteiger partial charge in [0.1, 0.15) is 6.54 Å². The number of hydrogen-bond acceptors (Lipinski definition) is 11. The zero-order valence-electron chi connectivity index (χ0n) is 9.01. The van der Waals surface area contributed by atoms with E-state index in [-0.39, 0.29) is 18.2 Å². The maximum atomic E-state index is 8.91. The molecule has 0 fully saturated rings. The van der Waals surface area contributed by atoms with E-state index in [1.54, 1.807) is 0 Å². The lowest BCUT2D eigenvalue weighted by Crippen LogP contribution is -2.18. The molecule has 0 radical (unpaired) electrons. The molecule has 11 heteroatoms. The Balaban J connectivity index is 2.08. The number of nitrogens with zero attached hydrogens (tertiary/aromatic N) is 8. The van der Waals surface area contributed by atoms with Crippen LogP contribution in [0.4, 0.5) is 11.6 Å². The third-order valence-electron chi connectivity index (χ3n) is 2.62. The van der Waals surface area contributed by atoms with Crippen molar-refractivity contribution in [2.45, 2.75) is 0 Å². The molecule has 0 bridgehead atoms. The summed E-state index contributed by atoms with van der Waals surface area (Å²) in [6, 6.07) is 1.99. The summed E-state index contributed by atoms with van der Waals surface area (Å²) < 4.78 is 14.0. The summed E-state index contributed by atoms with van der Waals surface area (Å²) in [5, 5.41) is 31.3. The lowest BCUT2D eigenvalue weighted by molar-refractivity contribution is 0.301. The van der Waals surface area contributed by atoms with Gasteiger partial charge in [-0.25, -0.2) is 13.9 Å². The Labute approximate surface area is 103 Å². The van der Waals surface area contributed by atoms with Crippen LogP contribution in [-0.2, 0) is 0 Å². The van der Waals surface area contributed by atoms with Gasteiger partial charge in [-0.15, -0.1) is 0 Å². The number of anilines is 2. The quantitative estimate of drug-likeness (QED) is 0.549. The molecule has 1 aliphatic heterocycles. The molecule has 3 aromatic rings. The summed E-state index contributed by atoms with van der Waals surface area (Å²) in [6.45, 7) is -0.0379. The highest BCUT2D eigenvalue weighted by molar-refractivity contribution is 5.89. The molecule has 0 amide bonds. The van der Waals surface area contributed by atoms with Gasteiger partial charge < -0.3 is 0 Å². The summed E-state index contributed by atoms with van der Waals surface area (Å²) in [4.78, 5) is 1.45. The SMILES string of the molecule is N#CCN1c2nonc2-c2nonc2-c2nonc21. The van der Waals surface area contributed by atoms with Gasteiger partial charge in [-0.05, 0) is 30.9 Å². The van der Waals surface area contributed by atoms with Crippen LogP contribution in [0.1, 0.15) is 0 Å². The molecule has 3 aromatic heterocycles. The van der Waals surface area contributed by atoms with E-state index < -0.39 is 0 Å². The van der Waals surface area contributed by atoms with Crippen molar-refractivity contribution in [2.75, 3.05) is 11.4 Å². The predicted octanol–water partition coefficient (Wildman–Crippen LogP) is 0.145. The number of rotatable bonds is 1. The molecule has 0 spiro atoms. The molecule has 0 unspecified atom stereocenters. The average Bonchev–Trinajstić information content (AvgIpc) is 3.13. The van der Waals surface area contributed by atoms with Crippen LogP contribution >= 0.6 is 0 Å². The van der Waals surface area contributed by atoms with E-state index in [1.165, 1.54) is 4.90 Å². The molecule has 4 heterocycles. The third kappa shape index (κ3) is 1.14. The zero-order chi connectivity index (χ0) is 12.8. The van der Waals surface area contributed by atoms with Crippen molar-refractivity contribution in [1.29, 1.82) is 5.26 Å². The third-order valence-corrected chi connectivity index (χ3v) is 2.62. The molecule has 92 valence electrons. The zero-order valence-corrected chi connectivity index (χ0v) is 9.01. The van der Waals surface area contributed by atoms with Crippen LogP contribution in [0, 0.1) is 11.3 Å². The Morgan fingerprint density at radius 3 is 1.79 bits per heavy atom. The van der Waals surface area contributed by atoms with E-state index in [1.807, 2.05) is 6.07 Å². The van der Waals surface area contributed by atoms with Crippen LogP contribution in [-0.4, -0.2) is 37.5 Å². The first kappa shape index (κ1) is 9.71. The maximum absolute atomic E-state index is 8.91. The smallest absolute Gasteiger partial charge is 0.210 e. The Morgan fingerprint density at radius 2 is 1.26 bits per heavy atom. The monoisotopic (exact) mass is 258 g/mol. The first-order chi connectivity index (χ1) is 9.40. The molecule has 0 aliphatic carbocycles. The van der Waals surface area contributed by atoms with Crippen LogP contribution in [0.5, 0.6) is 0 Å². The van der Waals surface area contributed by atoms with Crippen molar-refractivity contribution in [1.82, 2.24) is 30.9 Å². The lowest BCUT2D eigenvalue weighted by atomic mass is 10.2. The van der Waals surface area contributed by atoms with Gasteiger partial charge in [0.25, 0.3) is 0 Å². The van der Waals surface area contributed by atoms with Gasteiger partial charge >= 0.3 is 0 Å². The molecule has 11 nitrogen and oxygen atoms in total. The highest BCUT2D eigenvalue weighted by atomic mass is 16.6. The van der Waals surface area contributed by atoms with Crippen LogP contribution < -0.4 is 4.90 Å². The van der Waals surface area contributed by atoms with E-state index in [4.69, 9.17) is 5.26 Å². The highest BCUT2D eigenvalue weighted by Crippen LogP contribution is 2.42. The number of aromatic nitrogens is 6. The van der Waals surface area contributed by atoms with Gasteiger partial charge in [-0.2, -0.15) is 5.26 Å². The van der Waals surface area contributed by atoms with Crippen molar-refractivity contribution in [3.05, 3.63) is 0 Å². The Morgan fingerprint density at radius 1 is 0.789 bits per heavy atom. The van der Waals surface area contributed by atoms with Gasteiger partial charge in [0, 0.05) is 0 Å². The minimum Gasteiger partial charge on any atom is -0.287 e. The second-order valence-electron chi connectivity index (χ2n) is 3.58. The van der Waals surface area contributed by atoms with Crippen molar-refractivity contribution < 1.29 is 13.9 Å². The molecule has 0 aromatic carbocycles. The molecular formula is C8H2N8O3. The Bertz CT molecular complexity index is 738. The Kier molecular flexibility index (Phi) is 1.71.